The predicted octanol–water partition coefficient (Wildman–Crippen LogP) is 23.5. The molecule has 0 aromatic rings. The molecule has 5 atom stereocenters. The van der Waals surface area contributed by atoms with Crippen molar-refractivity contribution in [2.24, 2.45) is 11.8 Å². The minimum Gasteiger partial charge on any atom is -0.462 e. The maximum atomic E-state index is 13.1. The van der Waals surface area contributed by atoms with Gasteiger partial charge in [-0.3, -0.25) is 37.3 Å². The first-order chi connectivity index (χ1) is 47.4. The minimum atomic E-state index is -4.96. The molecule has 0 aliphatic rings. The van der Waals surface area contributed by atoms with Crippen molar-refractivity contribution in [1.29, 1.82) is 0 Å². The molecular formula is C79H154O17P2. The van der Waals surface area contributed by atoms with Crippen molar-refractivity contribution in [3.63, 3.8) is 0 Å². The number of hydrogen-bond donors (Lipinski definition) is 3. The van der Waals surface area contributed by atoms with Crippen LogP contribution in [0.5, 0.6) is 0 Å². The van der Waals surface area contributed by atoms with Gasteiger partial charge in [0.2, 0.25) is 0 Å². The Balaban J connectivity index is 5.26. The number of ether oxygens (including phenoxy) is 4. The second-order valence-electron chi connectivity index (χ2n) is 29.4. The van der Waals surface area contributed by atoms with Gasteiger partial charge >= 0.3 is 39.5 Å². The summed E-state index contributed by atoms with van der Waals surface area (Å²) in [5.41, 5.74) is 0. The molecular weight excluding hydrogens is 1280 g/mol. The Hall–Kier alpha value is -1.94. The molecule has 0 amide bonds. The Labute approximate surface area is 600 Å². The molecule has 0 saturated heterocycles. The maximum Gasteiger partial charge on any atom is 0.472 e. The first-order valence-corrected chi connectivity index (χ1v) is 44.0. The number of unbranched alkanes of at least 4 members (excludes halogenated alkanes) is 48. The van der Waals surface area contributed by atoms with E-state index in [-0.39, 0.29) is 25.7 Å². The first kappa shape index (κ1) is 96.1. The van der Waals surface area contributed by atoms with Gasteiger partial charge in [0.25, 0.3) is 0 Å². The van der Waals surface area contributed by atoms with Crippen molar-refractivity contribution in [3.05, 3.63) is 0 Å². The van der Waals surface area contributed by atoms with Crippen LogP contribution < -0.4 is 0 Å². The minimum absolute atomic E-state index is 0.106. The van der Waals surface area contributed by atoms with Gasteiger partial charge in [-0.05, 0) is 37.5 Å². The Morgan fingerprint density at radius 2 is 0.469 bits per heavy atom. The second-order valence-corrected chi connectivity index (χ2v) is 32.3. The lowest BCUT2D eigenvalue weighted by molar-refractivity contribution is -0.161. The molecule has 17 nitrogen and oxygen atoms in total. The number of phosphoric ester groups is 2. The van der Waals surface area contributed by atoms with Crippen LogP contribution in [0.3, 0.4) is 0 Å². The van der Waals surface area contributed by atoms with Crippen molar-refractivity contribution in [1.82, 2.24) is 0 Å². The van der Waals surface area contributed by atoms with E-state index in [1.165, 1.54) is 231 Å². The molecule has 0 aromatic heterocycles. The van der Waals surface area contributed by atoms with Gasteiger partial charge in [0.1, 0.15) is 19.3 Å². The number of phosphoric acid groups is 2. The van der Waals surface area contributed by atoms with Crippen LogP contribution in [0.1, 0.15) is 414 Å². The Kier molecular flexibility index (Phi) is 69.3. The van der Waals surface area contributed by atoms with Gasteiger partial charge in [-0.1, -0.05) is 363 Å². The number of hydrogen-bond acceptors (Lipinski definition) is 15. The lowest BCUT2D eigenvalue weighted by atomic mass is 10.0. The third kappa shape index (κ3) is 72.4. The van der Waals surface area contributed by atoms with Crippen LogP contribution in [0, 0.1) is 11.8 Å². The zero-order valence-electron chi connectivity index (χ0n) is 64.1. The number of aliphatic hydroxyl groups excluding tert-OH is 1. The average molecular weight is 1440 g/mol. The smallest absolute Gasteiger partial charge is 0.462 e. The third-order valence-electron chi connectivity index (χ3n) is 18.5. The summed E-state index contributed by atoms with van der Waals surface area (Å²) in [5, 5.41) is 10.6. The molecule has 0 aromatic carbocycles. The fraction of sp³-hybridized carbons (Fsp3) is 0.949. The van der Waals surface area contributed by atoms with Crippen molar-refractivity contribution in [2.45, 2.75) is 432 Å². The summed E-state index contributed by atoms with van der Waals surface area (Å²) in [6.07, 6.45) is 59.6. The Morgan fingerprint density at radius 3 is 0.694 bits per heavy atom. The van der Waals surface area contributed by atoms with Crippen LogP contribution in [0.25, 0.3) is 0 Å². The van der Waals surface area contributed by atoms with E-state index in [0.717, 1.165) is 102 Å². The van der Waals surface area contributed by atoms with E-state index < -0.39 is 97.5 Å². The largest absolute Gasteiger partial charge is 0.472 e. The zero-order chi connectivity index (χ0) is 72.1. The fourth-order valence-corrected chi connectivity index (χ4v) is 13.8. The number of carbonyl (C=O) groups is 4. The predicted molar refractivity (Wildman–Crippen MR) is 400 cm³/mol. The molecule has 2 unspecified atom stereocenters. The summed E-state index contributed by atoms with van der Waals surface area (Å²) in [7, 11) is -9.92. The van der Waals surface area contributed by atoms with Crippen LogP contribution in [0.4, 0.5) is 0 Å². The summed E-state index contributed by atoms with van der Waals surface area (Å²) < 4.78 is 68.7. The molecule has 0 radical (unpaired) electrons. The summed E-state index contributed by atoms with van der Waals surface area (Å²) in [6.45, 7) is 9.61. The van der Waals surface area contributed by atoms with Gasteiger partial charge in [-0.2, -0.15) is 0 Å². The second kappa shape index (κ2) is 70.7. The topological polar surface area (TPSA) is 237 Å². The van der Waals surface area contributed by atoms with Crippen LogP contribution in [-0.2, 0) is 65.4 Å². The van der Waals surface area contributed by atoms with Gasteiger partial charge in [-0.15, -0.1) is 0 Å². The molecule has 0 aliphatic heterocycles. The SMILES string of the molecule is CCCCCCCCCCCCCCCCCCCCC(=O)O[C@H](COC(=O)CCCCCCCCCCCCCCCC)COP(=O)(O)OC[C@@H](O)COP(=O)(O)OC[C@@H](COC(=O)CCCCCCCCCCCCC(C)C)OC(=O)CCCCCCCCCCCCC(C)C. The lowest BCUT2D eigenvalue weighted by Crippen LogP contribution is -2.30. The van der Waals surface area contributed by atoms with Gasteiger partial charge in [-0.25, -0.2) is 9.13 Å². The maximum absolute atomic E-state index is 13.1. The molecule has 0 saturated carbocycles. The number of rotatable bonds is 78. The molecule has 582 valence electrons. The van der Waals surface area contributed by atoms with E-state index in [1.54, 1.807) is 0 Å². The standard InChI is InChI=1S/C79H154O17P2/c1-7-9-11-13-15-17-19-21-23-24-25-26-28-30-39-45-51-57-63-78(83)95-74(67-89-76(81)61-55-49-43-37-29-27-22-20-18-16-14-12-10-8-2)69-93-97(85,86)91-65-73(80)66-92-98(87,88)94-70-75(96-79(84)64-58-52-46-40-34-32-36-42-48-54-60-72(5)6)68-90-77(82)62-56-50-44-38-33-31-35-41-47-53-59-71(3)4/h71-75,80H,7-70H2,1-6H3,(H,85,86)(H,87,88)/t73-,74-,75-/m1/s1. The highest BCUT2D eigenvalue weighted by atomic mass is 31.2. The van der Waals surface area contributed by atoms with Gasteiger partial charge in [0.15, 0.2) is 12.2 Å². The Bertz CT molecular complexity index is 1890. The summed E-state index contributed by atoms with van der Waals surface area (Å²) in [5.74, 6) is -0.599. The fourth-order valence-electron chi connectivity index (χ4n) is 12.2. The number of aliphatic hydroxyl groups is 1. The van der Waals surface area contributed by atoms with Crippen LogP contribution in [-0.4, -0.2) is 96.7 Å². The summed E-state index contributed by atoms with van der Waals surface area (Å²) in [4.78, 5) is 73.0. The van der Waals surface area contributed by atoms with Crippen LogP contribution in [0.15, 0.2) is 0 Å². The van der Waals surface area contributed by atoms with Gasteiger partial charge < -0.3 is 33.8 Å². The van der Waals surface area contributed by atoms with Gasteiger partial charge in [0.05, 0.1) is 26.4 Å². The summed E-state index contributed by atoms with van der Waals surface area (Å²) in [6, 6.07) is 0. The molecule has 0 fully saturated rings. The van der Waals surface area contributed by atoms with E-state index >= 15 is 0 Å². The third-order valence-corrected chi connectivity index (χ3v) is 20.4. The van der Waals surface area contributed by atoms with E-state index in [4.69, 9.17) is 37.0 Å². The highest BCUT2D eigenvalue weighted by Crippen LogP contribution is 2.45. The van der Waals surface area contributed by atoms with E-state index in [2.05, 4.69) is 41.5 Å². The lowest BCUT2D eigenvalue weighted by Gasteiger charge is -2.21. The average Bonchev–Trinajstić information content (AvgIpc) is 1.02. The van der Waals surface area contributed by atoms with Crippen molar-refractivity contribution >= 4 is 39.5 Å². The molecule has 0 bridgehead atoms. The van der Waals surface area contributed by atoms with E-state index in [1.807, 2.05) is 0 Å². The van der Waals surface area contributed by atoms with Crippen molar-refractivity contribution < 1.29 is 80.2 Å². The van der Waals surface area contributed by atoms with Gasteiger partial charge in [0, 0.05) is 25.7 Å². The molecule has 0 spiro atoms. The normalized spacial score (nSPS) is 13.9. The zero-order valence-corrected chi connectivity index (χ0v) is 65.9. The molecule has 3 N–H and O–H groups in total. The van der Waals surface area contributed by atoms with Crippen molar-refractivity contribution in [2.75, 3.05) is 39.6 Å². The number of esters is 4. The molecule has 0 rings (SSSR count). The quantitative estimate of drug-likeness (QED) is 0.0222. The number of carbonyl (C=O) groups excluding carboxylic acids is 4. The van der Waals surface area contributed by atoms with Crippen LogP contribution >= 0.6 is 15.6 Å². The highest BCUT2D eigenvalue weighted by molar-refractivity contribution is 7.47. The van der Waals surface area contributed by atoms with E-state index in [9.17, 15) is 43.2 Å². The summed E-state index contributed by atoms with van der Waals surface area (Å²) >= 11 is 0. The molecule has 0 heterocycles. The molecule has 19 heteroatoms. The molecule has 98 heavy (non-hydrogen) atoms. The van der Waals surface area contributed by atoms with Crippen molar-refractivity contribution in [3.8, 4) is 0 Å². The molecule has 0 aliphatic carbocycles. The van der Waals surface area contributed by atoms with Crippen LogP contribution in [0.2, 0.25) is 0 Å². The van der Waals surface area contributed by atoms with E-state index in [0.29, 0.717) is 25.7 Å². The highest BCUT2D eigenvalue weighted by Gasteiger charge is 2.30. The monoisotopic (exact) mass is 1440 g/mol. The first-order valence-electron chi connectivity index (χ1n) is 41.0. The Morgan fingerprint density at radius 1 is 0.276 bits per heavy atom.